The number of hydrogen-bond acceptors (Lipinski definition) is 4. The van der Waals surface area contributed by atoms with Crippen LogP contribution in [0.3, 0.4) is 0 Å². The molecule has 19 heavy (non-hydrogen) atoms. The molecular formula is C15H26N4. The first-order valence-corrected chi connectivity index (χ1v) is 6.96. The second-order valence-electron chi connectivity index (χ2n) is 7.03. The zero-order valence-electron chi connectivity index (χ0n) is 12.7. The molecule has 1 aromatic heterocycles. The highest BCUT2D eigenvalue weighted by molar-refractivity contribution is 5.61. The molecule has 4 N–H and O–H groups in total. The van der Waals surface area contributed by atoms with Gasteiger partial charge in [0.1, 0.15) is 5.82 Å². The Bertz CT molecular complexity index is 449. The number of nitrogens with two attached hydrogens (primary N) is 1. The van der Waals surface area contributed by atoms with Crippen LogP contribution in [-0.2, 0) is 0 Å². The minimum atomic E-state index is 0.123. The van der Waals surface area contributed by atoms with Gasteiger partial charge in [0, 0.05) is 22.8 Å². The summed E-state index contributed by atoms with van der Waals surface area (Å²) >= 11 is 0. The number of aryl methyl sites for hydroxylation is 1. The van der Waals surface area contributed by atoms with Gasteiger partial charge in [-0.3, -0.25) is 0 Å². The number of nitrogens with one attached hydrogen (secondary N) is 2. The van der Waals surface area contributed by atoms with Crippen LogP contribution < -0.4 is 16.4 Å². The fourth-order valence-electron chi connectivity index (χ4n) is 3.30. The first kappa shape index (κ1) is 14.1. The summed E-state index contributed by atoms with van der Waals surface area (Å²) in [6.45, 7) is 11.0. The lowest BCUT2D eigenvalue weighted by atomic mass is 9.79. The number of rotatable bonds is 2. The highest BCUT2D eigenvalue weighted by atomic mass is 15.1. The molecule has 0 aliphatic carbocycles. The van der Waals surface area contributed by atoms with E-state index in [4.69, 9.17) is 5.73 Å². The van der Waals surface area contributed by atoms with Crippen LogP contribution >= 0.6 is 0 Å². The molecule has 0 amide bonds. The molecule has 4 heteroatoms. The predicted octanol–water partition coefficient (Wildman–Crippen LogP) is 2.69. The Kier molecular flexibility index (Phi) is 3.47. The lowest BCUT2D eigenvalue weighted by Crippen LogP contribution is -2.60. The van der Waals surface area contributed by atoms with Gasteiger partial charge >= 0.3 is 0 Å². The molecule has 1 saturated heterocycles. The van der Waals surface area contributed by atoms with E-state index in [1.165, 1.54) is 0 Å². The number of anilines is 2. The molecule has 2 heterocycles. The van der Waals surface area contributed by atoms with Crippen LogP contribution in [0.4, 0.5) is 11.5 Å². The number of nitrogen functional groups attached to an aromatic ring is 1. The molecule has 0 atom stereocenters. The Balaban J connectivity index is 2.16. The number of hydrogen-bond donors (Lipinski definition) is 3. The summed E-state index contributed by atoms with van der Waals surface area (Å²) < 4.78 is 0. The summed E-state index contributed by atoms with van der Waals surface area (Å²) in [4.78, 5) is 4.51. The van der Waals surface area contributed by atoms with Crippen LogP contribution in [-0.4, -0.2) is 22.1 Å². The van der Waals surface area contributed by atoms with E-state index in [0.29, 0.717) is 6.04 Å². The molecule has 0 spiro atoms. The van der Waals surface area contributed by atoms with Crippen LogP contribution in [0.1, 0.15) is 46.2 Å². The normalized spacial score (nSPS) is 22.2. The van der Waals surface area contributed by atoms with Gasteiger partial charge in [0.05, 0.1) is 5.69 Å². The van der Waals surface area contributed by atoms with Crippen molar-refractivity contribution in [1.29, 1.82) is 0 Å². The quantitative estimate of drug-likeness (QED) is 0.767. The van der Waals surface area contributed by atoms with Crippen molar-refractivity contribution in [2.45, 2.75) is 64.6 Å². The molecule has 1 aliphatic heterocycles. The van der Waals surface area contributed by atoms with Gasteiger partial charge in [0.25, 0.3) is 0 Å². The lowest BCUT2D eigenvalue weighted by molar-refractivity contribution is 0.170. The third-order valence-corrected chi connectivity index (χ3v) is 3.60. The van der Waals surface area contributed by atoms with Crippen LogP contribution in [0.2, 0.25) is 0 Å². The summed E-state index contributed by atoms with van der Waals surface area (Å²) in [6, 6.07) is 4.25. The van der Waals surface area contributed by atoms with Crippen molar-refractivity contribution in [2.75, 3.05) is 11.1 Å². The fraction of sp³-hybridized carbons (Fsp3) is 0.667. The van der Waals surface area contributed by atoms with Crippen molar-refractivity contribution < 1.29 is 0 Å². The van der Waals surface area contributed by atoms with E-state index in [0.717, 1.165) is 30.0 Å². The van der Waals surface area contributed by atoms with E-state index in [1.807, 2.05) is 19.1 Å². The van der Waals surface area contributed by atoms with Gasteiger partial charge in [-0.1, -0.05) is 0 Å². The zero-order valence-corrected chi connectivity index (χ0v) is 12.7. The average molecular weight is 262 g/mol. The number of nitrogens with zero attached hydrogens (tertiary/aromatic N) is 1. The number of pyridine rings is 1. The highest BCUT2D eigenvalue weighted by Gasteiger charge is 2.37. The van der Waals surface area contributed by atoms with Gasteiger partial charge in [0.15, 0.2) is 0 Å². The minimum Gasteiger partial charge on any atom is -0.396 e. The topological polar surface area (TPSA) is 63.0 Å². The standard InChI is InChI=1S/C15H26N4/c1-10-6-7-12(16)13(17-10)18-11-8-14(2,3)19-15(4,5)9-11/h6-7,11,19H,8-9,16H2,1-5H3,(H,17,18). The van der Waals surface area contributed by atoms with E-state index >= 15 is 0 Å². The van der Waals surface area contributed by atoms with Gasteiger partial charge in [-0.15, -0.1) is 0 Å². The molecule has 106 valence electrons. The molecule has 2 rings (SSSR count). The average Bonchev–Trinajstić information content (AvgIpc) is 2.18. The lowest BCUT2D eigenvalue weighted by Gasteiger charge is -2.46. The van der Waals surface area contributed by atoms with Crippen molar-refractivity contribution in [1.82, 2.24) is 10.3 Å². The molecule has 4 nitrogen and oxygen atoms in total. The Morgan fingerprint density at radius 2 is 1.79 bits per heavy atom. The summed E-state index contributed by atoms with van der Waals surface area (Å²) in [5, 5.41) is 7.21. The maximum atomic E-state index is 6.00. The Labute approximate surface area is 116 Å². The largest absolute Gasteiger partial charge is 0.396 e. The molecule has 0 saturated carbocycles. The monoisotopic (exact) mass is 262 g/mol. The Hall–Kier alpha value is -1.29. The fourth-order valence-corrected chi connectivity index (χ4v) is 3.30. The van der Waals surface area contributed by atoms with Crippen molar-refractivity contribution in [3.8, 4) is 0 Å². The van der Waals surface area contributed by atoms with Crippen LogP contribution in [0.15, 0.2) is 12.1 Å². The first-order valence-electron chi connectivity index (χ1n) is 6.96. The predicted molar refractivity (Wildman–Crippen MR) is 81.3 cm³/mol. The van der Waals surface area contributed by atoms with E-state index in [-0.39, 0.29) is 11.1 Å². The molecular weight excluding hydrogens is 236 g/mol. The summed E-state index contributed by atoms with van der Waals surface area (Å²) in [5.41, 5.74) is 7.96. The second kappa shape index (κ2) is 4.67. The smallest absolute Gasteiger partial charge is 0.149 e. The van der Waals surface area contributed by atoms with Gasteiger partial charge < -0.3 is 16.4 Å². The Morgan fingerprint density at radius 3 is 2.37 bits per heavy atom. The zero-order chi connectivity index (χ0) is 14.3. The van der Waals surface area contributed by atoms with Crippen molar-refractivity contribution in [3.63, 3.8) is 0 Å². The first-order chi connectivity index (χ1) is 8.67. The van der Waals surface area contributed by atoms with Gasteiger partial charge in [0.2, 0.25) is 0 Å². The van der Waals surface area contributed by atoms with Gasteiger partial charge in [-0.2, -0.15) is 0 Å². The minimum absolute atomic E-state index is 0.123. The molecule has 0 aromatic carbocycles. The van der Waals surface area contributed by atoms with Gasteiger partial charge in [-0.05, 0) is 59.6 Å². The maximum Gasteiger partial charge on any atom is 0.149 e. The Morgan fingerprint density at radius 1 is 1.21 bits per heavy atom. The second-order valence-corrected chi connectivity index (χ2v) is 7.03. The molecule has 1 fully saturated rings. The van der Waals surface area contributed by atoms with Crippen LogP contribution in [0.25, 0.3) is 0 Å². The third kappa shape index (κ3) is 3.60. The van der Waals surface area contributed by atoms with E-state index < -0.39 is 0 Å². The van der Waals surface area contributed by atoms with Crippen molar-refractivity contribution >= 4 is 11.5 Å². The highest BCUT2D eigenvalue weighted by Crippen LogP contribution is 2.31. The summed E-state index contributed by atoms with van der Waals surface area (Å²) in [5.74, 6) is 0.818. The van der Waals surface area contributed by atoms with E-state index in [1.54, 1.807) is 0 Å². The van der Waals surface area contributed by atoms with Crippen LogP contribution in [0, 0.1) is 6.92 Å². The molecule has 0 radical (unpaired) electrons. The molecule has 0 bridgehead atoms. The SMILES string of the molecule is Cc1ccc(N)c(NC2CC(C)(C)NC(C)(C)C2)n1. The molecule has 1 aromatic rings. The molecule has 1 aliphatic rings. The summed E-state index contributed by atoms with van der Waals surface area (Å²) in [6.07, 6.45) is 2.12. The molecule has 0 unspecified atom stereocenters. The third-order valence-electron chi connectivity index (χ3n) is 3.60. The van der Waals surface area contributed by atoms with E-state index in [2.05, 4.69) is 43.3 Å². The number of piperidine rings is 1. The van der Waals surface area contributed by atoms with Crippen molar-refractivity contribution in [2.24, 2.45) is 0 Å². The summed E-state index contributed by atoms with van der Waals surface area (Å²) in [7, 11) is 0. The van der Waals surface area contributed by atoms with E-state index in [9.17, 15) is 0 Å². The van der Waals surface area contributed by atoms with Gasteiger partial charge in [-0.25, -0.2) is 4.98 Å². The van der Waals surface area contributed by atoms with Crippen molar-refractivity contribution in [3.05, 3.63) is 17.8 Å². The number of aromatic nitrogens is 1. The maximum absolute atomic E-state index is 6.00. The van der Waals surface area contributed by atoms with Crippen LogP contribution in [0.5, 0.6) is 0 Å².